The van der Waals surface area contributed by atoms with Crippen LogP contribution in [-0.4, -0.2) is 66.2 Å². The van der Waals surface area contributed by atoms with Crippen LogP contribution in [0.15, 0.2) is 78.9 Å². The Balaban J connectivity index is 1.36. The van der Waals surface area contributed by atoms with Crippen LogP contribution in [0.5, 0.6) is 0 Å². The van der Waals surface area contributed by atoms with Gasteiger partial charge in [0.15, 0.2) is 0 Å². The second kappa shape index (κ2) is 12.2. The molecular weight excluding hydrogens is 518 g/mol. The minimum Gasteiger partial charge on any atom is -0.465 e. The van der Waals surface area contributed by atoms with Crippen molar-refractivity contribution in [3.8, 4) is 11.1 Å². The average molecular weight is 550 g/mol. The van der Waals surface area contributed by atoms with Crippen molar-refractivity contribution in [2.24, 2.45) is 0 Å². The highest BCUT2D eigenvalue weighted by molar-refractivity contribution is 9.08. The average Bonchev–Trinajstić information content (AvgIpc) is 2.93. The van der Waals surface area contributed by atoms with Gasteiger partial charge in [-0.3, -0.25) is 9.69 Å². The molecule has 0 radical (unpaired) electrons. The first-order valence-corrected chi connectivity index (χ1v) is 13.4. The number of carbonyl (C=O) groups excluding carboxylic acids is 1. The smallest absolute Gasteiger partial charge is 0.412 e. The lowest BCUT2D eigenvalue weighted by Crippen LogP contribution is -2.48. The molecule has 7 heteroatoms. The Kier molecular flexibility index (Phi) is 8.78. The lowest BCUT2D eigenvalue weighted by atomic mass is 9.98. The summed E-state index contributed by atoms with van der Waals surface area (Å²) in [5.74, 6) is 0.0144. The molecule has 1 saturated heterocycles. The van der Waals surface area contributed by atoms with E-state index in [1.165, 1.54) is 0 Å². The zero-order valence-corrected chi connectivity index (χ0v) is 22.1. The zero-order chi connectivity index (χ0) is 25.5. The van der Waals surface area contributed by atoms with Gasteiger partial charge >= 0.3 is 6.09 Å². The lowest BCUT2D eigenvalue weighted by molar-refractivity contribution is 0.0770. The number of para-hydroxylation sites is 1. The molecule has 0 unspecified atom stereocenters. The van der Waals surface area contributed by atoms with Gasteiger partial charge in [-0.1, -0.05) is 76.6 Å². The molecule has 6 nitrogen and oxygen atoms in total. The van der Waals surface area contributed by atoms with E-state index < -0.39 is 6.09 Å². The summed E-state index contributed by atoms with van der Waals surface area (Å²) in [6.07, 6.45) is 0.579. The molecule has 1 heterocycles. The number of carbonyl (C=O) groups is 2. The molecule has 0 spiro atoms. The van der Waals surface area contributed by atoms with Gasteiger partial charge in [-0.05, 0) is 42.2 Å². The number of amides is 2. The highest BCUT2D eigenvalue weighted by Crippen LogP contribution is 2.34. The van der Waals surface area contributed by atoms with Crippen LogP contribution in [0.25, 0.3) is 11.1 Å². The van der Waals surface area contributed by atoms with E-state index in [2.05, 4.69) is 20.8 Å². The predicted octanol–water partition coefficient (Wildman–Crippen LogP) is 5.97. The highest BCUT2D eigenvalue weighted by Gasteiger charge is 2.30. The Bertz CT molecular complexity index is 1160. The lowest BCUT2D eigenvalue weighted by Gasteiger charge is -2.38. The standard InChI is InChI=1S/C29H32BrN3O3/c1-31(28(34)24-13-11-22(21-30)12-14-24)19-20-32-17-15-25(16-18-32)33(29(35)36)27-10-6-5-9-26(27)23-7-3-2-4-8-23/h2-14,25H,15-21H2,1H3,(H,35,36). The molecule has 1 N–H and O–H groups in total. The number of anilines is 1. The molecule has 4 rings (SSSR count). The number of likely N-dealkylation sites (tertiary alicyclic amines) is 1. The van der Waals surface area contributed by atoms with Gasteiger partial charge in [0.25, 0.3) is 5.91 Å². The van der Waals surface area contributed by atoms with Crippen molar-refractivity contribution < 1.29 is 14.7 Å². The van der Waals surface area contributed by atoms with Gasteiger partial charge in [-0.25, -0.2) is 4.79 Å². The van der Waals surface area contributed by atoms with Crippen molar-refractivity contribution in [3.63, 3.8) is 0 Å². The number of alkyl halides is 1. The van der Waals surface area contributed by atoms with Crippen molar-refractivity contribution in [2.45, 2.75) is 24.2 Å². The van der Waals surface area contributed by atoms with E-state index in [9.17, 15) is 14.7 Å². The molecule has 3 aromatic rings. The normalized spacial score (nSPS) is 14.4. The molecule has 0 atom stereocenters. The van der Waals surface area contributed by atoms with Gasteiger partial charge in [0, 0.05) is 55.7 Å². The molecule has 188 valence electrons. The first-order chi connectivity index (χ1) is 17.5. The Hall–Kier alpha value is -3.16. The van der Waals surface area contributed by atoms with Crippen LogP contribution in [0.3, 0.4) is 0 Å². The molecule has 1 fully saturated rings. The maximum absolute atomic E-state index is 12.8. The fourth-order valence-electron chi connectivity index (χ4n) is 4.75. The molecule has 0 aromatic heterocycles. The molecule has 1 aliphatic rings. The van der Waals surface area contributed by atoms with E-state index in [1.807, 2.05) is 85.9 Å². The zero-order valence-electron chi connectivity index (χ0n) is 20.5. The van der Waals surface area contributed by atoms with E-state index in [1.54, 1.807) is 9.80 Å². The molecular formula is C29H32BrN3O3. The fourth-order valence-corrected chi connectivity index (χ4v) is 5.13. The van der Waals surface area contributed by atoms with Crippen LogP contribution in [-0.2, 0) is 5.33 Å². The number of piperidine rings is 1. The van der Waals surface area contributed by atoms with Gasteiger partial charge in [0.2, 0.25) is 0 Å². The molecule has 0 saturated carbocycles. The maximum atomic E-state index is 12.8. The number of carboxylic acid groups (broad SMARTS) is 1. The molecule has 0 bridgehead atoms. The van der Waals surface area contributed by atoms with Gasteiger partial charge in [-0.15, -0.1) is 0 Å². The molecule has 3 aromatic carbocycles. The van der Waals surface area contributed by atoms with Crippen LogP contribution >= 0.6 is 15.9 Å². The summed E-state index contributed by atoms with van der Waals surface area (Å²) in [5, 5.41) is 10.9. The third kappa shape index (κ3) is 6.15. The Labute approximate surface area is 221 Å². The molecule has 0 aliphatic carbocycles. The van der Waals surface area contributed by atoms with Gasteiger partial charge < -0.3 is 14.9 Å². The second-order valence-electron chi connectivity index (χ2n) is 9.17. The minimum atomic E-state index is -0.923. The summed E-state index contributed by atoms with van der Waals surface area (Å²) in [6.45, 7) is 2.99. The van der Waals surface area contributed by atoms with E-state index in [0.29, 0.717) is 12.1 Å². The van der Waals surface area contributed by atoms with Crippen LogP contribution < -0.4 is 4.90 Å². The van der Waals surface area contributed by atoms with Crippen molar-refractivity contribution >= 4 is 33.6 Å². The summed E-state index contributed by atoms with van der Waals surface area (Å²) >= 11 is 3.43. The first-order valence-electron chi connectivity index (χ1n) is 12.3. The number of likely N-dealkylation sites (N-methyl/N-ethyl adjacent to an activating group) is 1. The fraction of sp³-hybridized carbons (Fsp3) is 0.310. The second-order valence-corrected chi connectivity index (χ2v) is 9.73. The predicted molar refractivity (Wildman–Crippen MR) is 148 cm³/mol. The largest absolute Gasteiger partial charge is 0.465 e. The Morgan fingerprint density at radius 3 is 2.22 bits per heavy atom. The van der Waals surface area contributed by atoms with E-state index in [-0.39, 0.29) is 11.9 Å². The minimum absolute atomic E-state index is 0.0144. The third-order valence-electron chi connectivity index (χ3n) is 6.83. The SMILES string of the molecule is CN(CCN1CCC(N(C(=O)O)c2ccccc2-c2ccccc2)CC1)C(=O)c1ccc(CBr)cc1. The molecule has 1 aliphatic heterocycles. The van der Waals surface area contributed by atoms with Gasteiger partial charge in [-0.2, -0.15) is 0 Å². The number of hydrogen-bond acceptors (Lipinski definition) is 3. The number of benzene rings is 3. The summed E-state index contributed by atoms with van der Waals surface area (Å²) in [5.41, 5.74) is 4.48. The van der Waals surface area contributed by atoms with E-state index >= 15 is 0 Å². The van der Waals surface area contributed by atoms with Gasteiger partial charge in [0.1, 0.15) is 0 Å². The van der Waals surface area contributed by atoms with Crippen molar-refractivity contribution in [3.05, 3.63) is 90.0 Å². The first kappa shape index (κ1) is 25.9. The van der Waals surface area contributed by atoms with E-state index in [0.717, 1.165) is 60.2 Å². The van der Waals surface area contributed by atoms with E-state index in [4.69, 9.17) is 0 Å². The number of hydrogen-bond donors (Lipinski definition) is 1. The van der Waals surface area contributed by atoms with Crippen molar-refractivity contribution in [2.75, 3.05) is 38.1 Å². The van der Waals surface area contributed by atoms with Crippen LogP contribution in [0.4, 0.5) is 10.5 Å². The maximum Gasteiger partial charge on any atom is 0.412 e. The topological polar surface area (TPSA) is 64.1 Å². The quantitative estimate of drug-likeness (QED) is 0.351. The number of halogens is 1. The highest BCUT2D eigenvalue weighted by atomic mass is 79.9. The van der Waals surface area contributed by atoms with Crippen molar-refractivity contribution in [1.29, 1.82) is 0 Å². The number of rotatable bonds is 8. The monoisotopic (exact) mass is 549 g/mol. The van der Waals surface area contributed by atoms with Crippen molar-refractivity contribution in [1.82, 2.24) is 9.80 Å². The van der Waals surface area contributed by atoms with Crippen LogP contribution in [0.1, 0.15) is 28.8 Å². The summed E-state index contributed by atoms with van der Waals surface area (Å²) in [7, 11) is 1.83. The summed E-state index contributed by atoms with van der Waals surface area (Å²) < 4.78 is 0. The van der Waals surface area contributed by atoms with Crippen LogP contribution in [0, 0.1) is 0 Å². The third-order valence-corrected chi connectivity index (χ3v) is 7.48. The molecule has 36 heavy (non-hydrogen) atoms. The number of nitrogens with zero attached hydrogens (tertiary/aromatic N) is 3. The summed E-state index contributed by atoms with van der Waals surface area (Å²) in [6, 6.07) is 25.2. The molecule has 2 amide bonds. The van der Waals surface area contributed by atoms with Crippen LogP contribution in [0.2, 0.25) is 0 Å². The summed E-state index contributed by atoms with van der Waals surface area (Å²) in [4.78, 5) is 30.8. The Morgan fingerprint density at radius 1 is 0.944 bits per heavy atom. The Morgan fingerprint density at radius 2 is 1.58 bits per heavy atom. The van der Waals surface area contributed by atoms with Gasteiger partial charge in [0.05, 0.1) is 5.69 Å².